The number of pyridine rings is 2. The van der Waals surface area contributed by atoms with Crippen molar-refractivity contribution in [2.24, 2.45) is 7.05 Å². The molecular weight excluding hydrogens is 709 g/mol. The zero-order valence-electron chi connectivity index (χ0n) is 30.9. The first-order chi connectivity index (χ1) is 26.1. The second-order valence-electron chi connectivity index (χ2n) is 13.5. The molecule has 3 N–H and O–H groups in total. The van der Waals surface area contributed by atoms with Gasteiger partial charge in [0.1, 0.15) is 11.7 Å². The topological polar surface area (TPSA) is 125 Å². The van der Waals surface area contributed by atoms with Crippen LogP contribution in [0.5, 0.6) is 0 Å². The van der Waals surface area contributed by atoms with Crippen LogP contribution in [0.25, 0.3) is 22.0 Å². The van der Waals surface area contributed by atoms with Crippen LogP contribution in [0.1, 0.15) is 58.1 Å². The minimum absolute atomic E-state index is 0.0218. The number of alkyl halides is 3. The average molecular weight is 749 g/mol. The number of halogens is 3. The molecule has 1 unspecified atom stereocenters. The fraction of sp³-hybridized carbons (Fsp3) is 0.262. The van der Waals surface area contributed by atoms with E-state index in [9.17, 15) is 32.3 Å². The number of hydrogen-bond donors (Lipinski definition) is 3. The third kappa shape index (κ3) is 8.23. The van der Waals surface area contributed by atoms with Gasteiger partial charge in [0.25, 0.3) is 11.5 Å². The zero-order valence-corrected chi connectivity index (χ0v) is 30.9. The van der Waals surface area contributed by atoms with Gasteiger partial charge < -0.3 is 20.1 Å². The maximum absolute atomic E-state index is 14.7. The molecule has 282 valence electrons. The van der Waals surface area contributed by atoms with E-state index in [4.69, 9.17) is 0 Å². The largest absolute Gasteiger partial charge is 0.417 e. The van der Waals surface area contributed by atoms with Crippen molar-refractivity contribution in [2.75, 3.05) is 23.8 Å². The van der Waals surface area contributed by atoms with E-state index in [1.54, 1.807) is 73.8 Å². The Morgan fingerprint density at radius 1 is 1.04 bits per heavy atom. The van der Waals surface area contributed by atoms with Crippen LogP contribution in [-0.4, -0.2) is 46.9 Å². The molecule has 2 aromatic heterocycles. The lowest BCUT2D eigenvalue weighted by molar-refractivity contribution is -0.137. The lowest BCUT2D eigenvalue weighted by atomic mass is 9.97. The van der Waals surface area contributed by atoms with Gasteiger partial charge in [-0.3, -0.25) is 29.5 Å². The Morgan fingerprint density at radius 3 is 2.53 bits per heavy atom. The molecule has 6 rings (SSSR count). The normalized spacial score (nSPS) is 14.2. The molecule has 55 heavy (non-hydrogen) atoms. The Balaban J connectivity index is 1.19. The summed E-state index contributed by atoms with van der Waals surface area (Å²) in [6.45, 7) is 5.27. The number of hydrogen-bond acceptors (Lipinski definition) is 7. The van der Waals surface area contributed by atoms with Gasteiger partial charge in [0, 0.05) is 60.2 Å². The molecule has 0 spiro atoms. The van der Waals surface area contributed by atoms with E-state index >= 15 is 0 Å². The number of carbonyl (C=O) groups excluding carboxylic acids is 3. The molecule has 0 bridgehead atoms. The Hall–Kier alpha value is -6.42. The van der Waals surface area contributed by atoms with Crippen molar-refractivity contribution in [2.45, 2.75) is 52.3 Å². The van der Waals surface area contributed by atoms with Crippen molar-refractivity contribution in [1.82, 2.24) is 20.2 Å². The molecule has 1 aliphatic rings. The van der Waals surface area contributed by atoms with Crippen molar-refractivity contribution >= 4 is 45.7 Å². The number of imide groups is 1. The smallest absolute Gasteiger partial charge is 0.374 e. The molecular formula is C42H39F3N6O4. The second kappa shape index (κ2) is 15.5. The Labute approximate surface area is 315 Å². The SMILES string of the molecule is CCc1cc(N(C)c2ccc(-c3cnc(C(=O)NCC#Cc4cccc(NC5CCC(=O)NC5=O)c4)c(C)c3)c(C(F)(F)F)c2)c2cc(C)c(=O)n(C)c2c1. The van der Waals surface area contributed by atoms with E-state index in [0.29, 0.717) is 52.1 Å². The van der Waals surface area contributed by atoms with Crippen LogP contribution < -0.4 is 26.4 Å². The van der Waals surface area contributed by atoms with Crippen LogP contribution in [0, 0.1) is 25.7 Å². The highest BCUT2D eigenvalue weighted by atomic mass is 19.4. The monoisotopic (exact) mass is 748 g/mol. The summed E-state index contributed by atoms with van der Waals surface area (Å²) in [6, 6.07) is 17.8. The minimum atomic E-state index is -4.71. The van der Waals surface area contributed by atoms with Crippen molar-refractivity contribution < 1.29 is 27.6 Å². The van der Waals surface area contributed by atoms with Crippen LogP contribution in [0.15, 0.2) is 77.7 Å². The molecule has 3 heterocycles. The summed E-state index contributed by atoms with van der Waals surface area (Å²) >= 11 is 0. The number of nitrogens with zero attached hydrogens (tertiary/aromatic N) is 3. The average Bonchev–Trinajstić information content (AvgIpc) is 3.15. The first kappa shape index (κ1) is 38.3. The third-order valence-electron chi connectivity index (χ3n) is 9.64. The van der Waals surface area contributed by atoms with Crippen molar-refractivity contribution in [3.8, 4) is 23.0 Å². The van der Waals surface area contributed by atoms with Gasteiger partial charge in [-0.15, -0.1) is 0 Å². The van der Waals surface area contributed by atoms with Crippen LogP contribution in [-0.2, 0) is 29.2 Å². The Kier molecular flexibility index (Phi) is 10.8. The first-order valence-electron chi connectivity index (χ1n) is 17.7. The van der Waals surface area contributed by atoms with Crippen molar-refractivity contribution in [3.05, 3.63) is 117 Å². The minimum Gasteiger partial charge on any atom is -0.374 e. The van der Waals surface area contributed by atoms with Crippen LogP contribution in [0.3, 0.4) is 0 Å². The predicted molar refractivity (Wildman–Crippen MR) is 206 cm³/mol. The van der Waals surface area contributed by atoms with Gasteiger partial charge in [-0.25, -0.2) is 0 Å². The Morgan fingerprint density at radius 2 is 1.82 bits per heavy atom. The molecule has 0 radical (unpaired) electrons. The first-order valence-corrected chi connectivity index (χ1v) is 17.7. The number of benzene rings is 3. The molecule has 3 amide bonds. The maximum Gasteiger partial charge on any atom is 0.417 e. The van der Waals surface area contributed by atoms with Crippen LogP contribution in [0.2, 0.25) is 0 Å². The van der Waals surface area contributed by atoms with Gasteiger partial charge in [-0.2, -0.15) is 13.2 Å². The van der Waals surface area contributed by atoms with Gasteiger partial charge in [0.15, 0.2) is 0 Å². The number of fused-ring (bicyclic) bond motifs is 1. The van der Waals surface area contributed by atoms with Gasteiger partial charge in [-0.05, 0) is 98.0 Å². The van der Waals surface area contributed by atoms with Gasteiger partial charge in [-0.1, -0.05) is 30.9 Å². The highest BCUT2D eigenvalue weighted by Gasteiger charge is 2.35. The van der Waals surface area contributed by atoms with E-state index in [1.807, 2.05) is 19.1 Å². The quantitative estimate of drug-likeness (QED) is 0.121. The molecule has 0 saturated carbocycles. The summed E-state index contributed by atoms with van der Waals surface area (Å²) in [7, 11) is 3.39. The lowest BCUT2D eigenvalue weighted by Crippen LogP contribution is -2.47. The fourth-order valence-corrected chi connectivity index (χ4v) is 6.64. The fourth-order valence-electron chi connectivity index (χ4n) is 6.64. The number of amides is 3. The molecule has 5 aromatic rings. The number of rotatable bonds is 8. The molecule has 1 saturated heterocycles. The third-order valence-corrected chi connectivity index (χ3v) is 9.64. The highest BCUT2D eigenvalue weighted by Crippen LogP contribution is 2.41. The summed E-state index contributed by atoms with van der Waals surface area (Å²) in [5, 5.41) is 8.83. The summed E-state index contributed by atoms with van der Waals surface area (Å²) < 4.78 is 45.6. The summed E-state index contributed by atoms with van der Waals surface area (Å²) in [6.07, 6.45) is -2.15. The van der Waals surface area contributed by atoms with Gasteiger partial charge >= 0.3 is 6.18 Å². The molecule has 0 aliphatic carbocycles. The van der Waals surface area contributed by atoms with Gasteiger partial charge in [0.05, 0.1) is 23.3 Å². The number of nitrogens with one attached hydrogen (secondary N) is 3. The summed E-state index contributed by atoms with van der Waals surface area (Å²) in [5.74, 6) is 4.61. The number of aryl methyl sites for hydroxylation is 4. The van der Waals surface area contributed by atoms with Crippen molar-refractivity contribution in [1.29, 1.82) is 0 Å². The molecule has 3 aromatic carbocycles. The zero-order chi connectivity index (χ0) is 39.6. The molecule has 1 fully saturated rings. The number of aromatic nitrogens is 2. The van der Waals surface area contributed by atoms with E-state index in [0.717, 1.165) is 17.0 Å². The standard InChI is InChI=1S/C42H39F3N6O4/c1-6-26-20-35(32-18-25(3)41(55)51(5)36(32)21-26)50(4)30-12-13-31(33(22-30)42(43,44)45)28-17-24(2)38(47-23-28)40(54)46-16-8-10-27-9-7-11-29(19-27)48-34-14-15-37(52)49-39(34)53/h7,9,11-13,17-23,34,48H,6,14-16H2,1-5H3,(H,46,54)(H,49,52,53). The lowest BCUT2D eigenvalue weighted by Gasteiger charge is -2.25. The number of anilines is 3. The van der Waals surface area contributed by atoms with E-state index in [2.05, 4.69) is 32.8 Å². The van der Waals surface area contributed by atoms with E-state index in [1.165, 1.54) is 18.3 Å². The highest BCUT2D eigenvalue weighted by molar-refractivity contribution is 6.01. The van der Waals surface area contributed by atoms with Crippen LogP contribution in [0.4, 0.5) is 30.2 Å². The molecule has 10 nitrogen and oxygen atoms in total. The predicted octanol–water partition coefficient (Wildman–Crippen LogP) is 6.57. The van der Waals surface area contributed by atoms with Crippen LogP contribution >= 0.6 is 0 Å². The number of piperidine rings is 1. The van der Waals surface area contributed by atoms with Gasteiger partial charge in [0.2, 0.25) is 11.8 Å². The van der Waals surface area contributed by atoms with Crippen molar-refractivity contribution in [3.63, 3.8) is 0 Å². The summed E-state index contributed by atoms with van der Waals surface area (Å²) in [4.78, 5) is 55.2. The molecule has 1 atom stereocenters. The van der Waals surface area contributed by atoms with E-state index < -0.39 is 23.7 Å². The maximum atomic E-state index is 14.7. The molecule has 13 heteroatoms. The molecule has 1 aliphatic heterocycles. The van der Waals surface area contributed by atoms with E-state index in [-0.39, 0.29) is 47.2 Å². The second-order valence-corrected chi connectivity index (χ2v) is 13.5. The summed E-state index contributed by atoms with van der Waals surface area (Å²) in [5.41, 5.74) is 3.96. The Bertz CT molecular complexity index is 2480. The number of carbonyl (C=O) groups is 3.